The van der Waals surface area contributed by atoms with Crippen molar-refractivity contribution in [2.75, 3.05) is 31.1 Å². The first-order valence-electron chi connectivity index (χ1n) is 13.0. The fourth-order valence-electron chi connectivity index (χ4n) is 4.97. The van der Waals surface area contributed by atoms with Crippen LogP contribution in [0.25, 0.3) is 16.6 Å². The van der Waals surface area contributed by atoms with Crippen molar-refractivity contribution in [2.45, 2.75) is 44.6 Å². The van der Waals surface area contributed by atoms with Crippen molar-refractivity contribution in [3.8, 4) is 11.1 Å². The number of benzene rings is 2. The Morgan fingerprint density at radius 2 is 1.79 bits per heavy atom. The molecule has 0 spiro atoms. The van der Waals surface area contributed by atoms with E-state index in [9.17, 15) is 8.78 Å². The number of nitrogen functional groups attached to an aromatic ring is 2. The van der Waals surface area contributed by atoms with Gasteiger partial charge in [-0.05, 0) is 49.1 Å². The average molecular weight is 518 g/mol. The van der Waals surface area contributed by atoms with Crippen LogP contribution in [0.15, 0.2) is 65.9 Å². The summed E-state index contributed by atoms with van der Waals surface area (Å²) in [6.07, 6.45) is 5.81. The minimum absolute atomic E-state index is 0.0449. The predicted molar refractivity (Wildman–Crippen MR) is 149 cm³/mol. The molecule has 2 aromatic carbocycles. The van der Waals surface area contributed by atoms with Crippen LogP contribution in [-0.2, 0) is 13.0 Å². The Bertz CT molecular complexity index is 1410. The summed E-state index contributed by atoms with van der Waals surface area (Å²) in [4.78, 5) is 10.9. The molecular formula is C29H33F2N7. The van der Waals surface area contributed by atoms with E-state index in [-0.39, 0.29) is 12.8 Å². The Morgan fingerprint density at radius 1 is 1.00 bits per heavy atom. The number of aryl methyl sites for hydroxylation is 1. The molecule has 0 aliphatic carbocycles. The van der Waals surface area contributed by atoms with Crippen LogP contribution in [0.3, 0.4) is 0 Å². The highest BCUT2D eigenvalue weighted by atomic mass is 19.3. The van der Waals surface area contributed by atoms with E-state index in [0.29, 0.717) is 31.1 Å². The van der Waals surface area contributed by atoms with E-state index in [1.165, 1.54) is 6.33 Å². The molecule has 0 atom stereocenters. The Hall–Kier alpha value is -3.85. The van der Waals surface area contributed by atoms with Gasteiger partial charge >= 0.3 is 0 Å². The summed E-state index contributed by atoms with van der Waals surface area (Å²) < 4.78 is 28.7. The van der Waals surface area contributed by atoms with E-state index < -0.39 is 5.92 Å². The van der Waals surface area contributed by atoms with Gasteiger partial charge in [0, 0.05) is 54.7 Å². The number of alkyl halides is 2. The third-order valence-electron chi connectivity index (χ3n) is 7.15. The van der Waals surface area contributed by atoms with Crippen LogP contribution < -0.4 is 11.5 Å². The largest absolute Gasteiger partial charge is 0.398 e. The molecule has 1 saturated heterocycles. The molecule has 3 heterocycles. The lowest BCUT2D eigenvalue weighted by atomic mass is 10.0. The zero-order valence-corrected chi connectivity index (χ0v) is 21.4. The van der Waals surface area contributed by atoms with E-state index >= 15 is 0 Å². The zero-order chi connectivity index (χ0) is 26.5. The maximum Gasteiger partial charge on any atom is 0.250 e. The molecule has 2 aromatic heterocycles. The number of anilines is 2. The lowest BCUT2D eigenvalue weighted by Crippen LogP contribution is -2.39. The number of halogens is 2. The first-order chi connectivity index (χ1) is 18.4. The molecule has 4 aromatic rings. The van der Waals surface area contributed by atoms with Crippen molar-refractivity contribution in [3.63, 3.8) is 0 Å². The monoisotopic (exact) mass is 517 g/mol. The van der Waals surface area contributed by atoms with Gasteiger partial charge in [0.05, 0.1) is 6.54 Å². The number of nitrogens with zero attached hydrogens (tertiary/aromatic N) is 5. The van der Waals surface area contributed by atoms with Gasteiger partial charge in [0.15, 0.2) is 5.82 Å². The number of nitrogens with two attached hydrogens (primary N) is 2. The van der Waals surface area contributed by atoms with Gasteiger partial charge in [0.1, 0.15) is 11.8 Å². The first kappa shape index (κ1) is 25.8. The minimum Gasteiger partial charge on any atom is -0.398 e. The molecule has 1 aliphatic heterocycles. The Morgan fingerprint density at radius 3 is 2.55 bits per heavy atom. The van der Waals surface area contributed by atoms with Gasteiger partial charge in [-0.1, -0.05) is 42.5 Å². The number of likely N-dealkylation sites (tertiary alicyclic amines) is 1. The van der Waals surface area contributed by atoms with Gasteiger partial charge in [-0.3, -0.25) is 4.99 Å². The van der Waals surface area contributed by atoms with Crippen molar-refractivity contribution in [1.29, 1.82) is 0 Å². The van der Waals surface area contributed by atoms with Crippen LogP contribution in [-0.4, -0.2) is 51.3 Å². The molecule has 5 rings (SSSR count). The fourth-order valence-corrected chi connectivity index (χ4v) is 4.97. The molecule has 0 radical (unpaired) electrons. The molecule has 0 saturated carbocycles. The van der Waals surface area contributed by atoms with Crippen molar-refractivity contribution >= 4 is 23.2 Å². The maximum atomic E-state index is 13.4. The third kappa shape index (κ3) is 5.99. The summed E-state index contributed by atoms with van der Waals surface area (Å²) in [6, 6.07) is 18.1. The molecule has 9 heteroatoms. The number of rotatable bonds is 9. The molecule has 1 fully saturated rings. The molecule has 0 bridgehead atoms. The predicted octanol–water partition coefficient (Wildman–Crippen LogP) is 5.23. The second-order valence-electron chi connectivity index (χ2n) is 9.91. The summed E-state index contributed by atoms with van der Waals surface area (Å²) in [7, 11) is 0. The molecule has 0 unspecified atom stereocenters. The van der Waals surface area contributed by atoms with Crippen LogP contribution in [0.4, 0.5) is 20.3 Å². The summed E-state index contributed by atoms with van der Waals surface area (Å²) in [5, 5.41) is 4.46. The first-order valence-corrected chi connectivity index (χ1v) is 13.0. The highest BCUT2D eigenvalue weighted by molar-refractivity contribution is 5.93. The summed E-state index contributed by atoms with van der Waals surface area (Å²) in [5.74, 6) is -2.10. The normalized spacial score (nSPS) is 15.9. The molecule has 4 N–H and O–H groups in total. The van der Waals surface area contributed by atoms with Gasteiger partial charge in [-0.2, -0.15) is 5.10 Å². The van der Waals surface area contributed by atoms with E-state index in [1.807, 2.05) is 53.0 Å². The Kier molecular flexibility index (Phi) is 7.64. The standard InChI is InChI=1S/C29H33F2N7/c30-29(31)11-14-37(15-12-29)13-5-4-8-24-17-25(27-28(33)35-20-36-38(24)27)22-9-10-23(26(32)16-22)19-34-18-21-6-2-1-3-7-21/h1-3,6-7,9-10,16-17,19-20H,4-5,8,11-15,18,32H2,(H2,33,35,36). The number of unbranched alkanes of at least 4 members (excludes halogenated alkanes) is 1. The SMILES string of the molecule is Nc1cc(-c2cc(CCCCN3CCC(F)(F)CC3)n3ncnc(N)c23)ccc1C=NCc1ccccc1. The second-order valence-corrected chi connectivity index (χ2v) is 9.91. The maximum absolute atomic E-state index is 13.4. The minimum atomic E-state index is -2.51. The number of hydrogen-bond donors (Lipinski definition) is 2. The lowest BCUT2D eigenvalue weighted by molar-refractivity contribution is -0.0551. The van der Waals surface area contributed by atoms with Gasteiger partial charge in [0.25, 0.3) is 5.92 Å². The summed E-state index contributed by atoms with van der Waals surface area (Å²) in [5.41, 5.74) is 18.9. The quantitative estimate of drug-likeness (QED) is 0.180. The molecule has 38 heavy (non-hydrogen) atoms. The number of fused-ring (bicyclic) bond motifs is 1. The van der Waals surface area contributed by atoms with E-state index in [1.54, 1.807) is 6.21 Å². The topological polar surface area (TPSA) is 97.8 Å². The van der Waals surface area contributed by atoms with Crippen molar-refractivity contribution < 1.29 is 8.78 Å². The average Bonchev–Trinajstić information content (AvgIpc) is 3.29. The van der Waals surface area contributed by atoms with Crippen molar-refractivity contribution in [1.82, 2.24) is 19.5 Å². The van der Waals surface area contributed by atoms with Crippen molar-refractivity contribution in [3.05, 3.63) is 77.7 Å². The molecule has 198 valence electrons. The van der Waals surface area contributed by atoms with Gasteiger partial charge in [-0.25, -0.2) is 18.3 Å². The second kappa shape index (κ2) is 11.3. The molecule has 0 amide bonds. The van der Waals surface area contributed by atoms with E-state index in [0.717, 1.165) is 59.3 Å². The van der Waals surface area contributed by atoms with Crippen LogP contribution in [0, 0.1) is 0 Å². The summed E-state index contributed by atoms with van der Waals surface area (Å²) >= 11 is 0. The smallest absolute Gasteiger partial charge is 0.250 e. The number of piperidine rings is 1. The van der Waals surface area contributed by atoms with Crippen molar-refractivity contribution in [2.24, 2.45) is 4.99 Å². The van der Waals surface area contributed by atoms with E-state index in [4.69, 9.17) is 11.5 Å². The highest BCUT2D eigenvalue weighted by Gasteiger charge is 2.33. The Labute approximate surface area is 221 Å². The Balaban J connectivity index is 1.28. The number of hydrogen-bond acceptors (Lipinski definition) is 6. The van der Waals surface area contributed by atoms with Gasteiger partial charge < -0.3 is 16.4 Å². The highest BCUT2D eigenvalue weighted by Crippen LogP contribution is 2.33. The number of aromatic nitrogens is 3. The fraction of sp³-hybridized carbons (Fsp3) is 0.345. The van der Waals surface area contributed by atoms with Crippen LogP contribution in [0.2, 0.25) is 0 Å². The molecular weight excluding hydrogens is 484 g/mol. The summed E-state index contributed by atoms with van der Waals surface area (Å²) in [6.45, 7) is 2.34. The van der Waals surface area contributed by atoms with E-state index in [2.05, 4.69) is 26.0 Å². The lowest BCUT2D eigenvalue weighted by Gasteiger charge is -2.31. The molecule has 1 aliphatic rings. The third-order valence-corrected chi connectivity index (χ3v) is 7.15. The van der Waals surface area contributed by atoms with Gasteiger partial charge in [0.2, 0.25) is 0 Å². The van der Waals surface area contributed by atoms with Crippen LogP contribution >= 0.6 is 0 Å². The van der Waals surface area contributed by atoms with Gasteiger partial charge in [-0.15, -0.1) is 0 Å². The zero-order valence-electron chi connectivity index (χ0n) is 21.4. The number of aliphatic imine (C=N–C) groups is 1. The molecule has 7 nitrogen and oxygen atoms in total. The van der Waals surface area contributed by atoms with Crippen LogP contribution in [0.5, 0.6) is 0 Å². The van der Waals surface area contributed by atoms with Crippen LogP contribution in [0.1, 0.15) is 42.5 Å².